The molecule has 41 heavy (non-hydrogen) atoms. The van der Waals surface area contributed by atoms with E-state index in [1.165, 1.54) is 6.92 Å². The van der Waals surface area contributed by atoms with Gasteiger partial charge in [0.2, 0.25) is 11.1 Å². The lowest BCUT2D eigenvalue weighted by atomic mass is 9.95. The molecule has 7 nitrogen and oxygen atoms in total. The summed E-state index contributed by atoms with van der Waals surface area (Å²) in [5, 5.41) is 28.2. The molecule has 0 aliphatic heterocycles. The number of nitriles is 3. The van der Waals surface area contributed by atoms with Crippen molar-refractivity contribution >= 4 is 33.3 Å². The Morgan fingerprint density at radius 3 is 1.39 bits per heavy atom. The van der Waals surface area contributed by atoms with Crippen molar-refractivity contribution < 1.29 is 35.2 Å². The lowest BCUT2D eigenvalue weighted by Gasteiger charge is -2.11. The number of aromatic nitrogens is 2. The number of fused-ring (bicyclic) bond motifs is 2. The molecule has 0 bridgehead atoms. The van der Waals surface area contributed by atoms with Gasteiger partial charge in [0.05, 0.1) is 27.8 Å². The molecule has 0 fully saturated rings. The summed E-state index contributed by atoms with van der Waals surface area (Å²) in [4.78, 5) is 8.62. The summed E-state index contributed by atoms with van der Waals surface area (Å²) in [5.41, 5.74) is -2.78. The van der Waals surface area contributed by atoms with E-state index in [-0.39, 0.29) is 55.6 Å². The van der Waals surface area contributed by atoms with Crippen molar-refractivity contribution in [3.05, 3.63) is 70.7 Å². The first kappa shape index (κ1) is 27.0. The first-order valence-electron chi connectivity index (χ1n) is 11.4. The molecule has 0 spiro atoms. The zero-order valence-corrected chi connectivity index (χ0v) is 20.4. The highest BCUT2D eigenvalue weighted by Gasteiger charge is 2.32. The maximum atomic E-state index is 13.2. The van der Waals surface area contributed by atoms with E-state index < -0.39 is 34.6 Å². The van der Waals surface area contributed by atoms with Crippen LogP contribution in [0.5, 0.6) is 0 Å². The number of hydrogen-bond acceptors (Lipinski definition) is 7. The summed E-state index contributed by atoms with van der Waals surface area (Å²) in [7, 11) is 0. The highest BCUT2D eigenvalue weighted by Crippen LogP contribution is 2.43. The third kappa shape index (κ3) is 4.62. The van der Waals surface area contributed by atoms with Crippen LogP contribution in [0.2, 0.25) is 0 Å². The van der Waals surface area contributed by atoms with E-state index in [4.69, 9.17) is 8.83 Å². The fraction of sp³-hybridized carbons (Fsp3) is 0.107. The van der Waals surface area contributed by atoms with Gasteiger partial charge in [-0.1, -0.05) is 24.3 Å². The first-order chi connectivity index (χ1) is 19.4. The van der Waals surface area contributed by atoms with Crippen LogP contribution in [0.15, 0.2) is 57.4 Å². The Kier molecular flexibility index (Phi) is 6.28. The second-order valence-corrected chi connectivity index (χ2v) is 8.63. The van der Waals surface area contributed by atoms with Gasteiger partial charge in [0.1, 0.15) is 29.2 Å². The van der Waals surface area contributed by atoms with Crippen molar-refractivity contribution in [2.24, 2.45) is 0 Å². The van der Waals surface area contributed by atoms with Gasteiger partial charge < -0.3 is 8.83 Å². The van der Waals surface area contributed by atoms with Crippen molar-refractivity contribution in [2.75, 3.05) is 0 Å². The minimum atomic E-state index is -4.63. The topological polar surface area (TPSA) is 123 Å². The van der Waals surface area contributed by atoms with Gasteiger partial charge in [-0.2, -0.15) is 42.1 Å². The van der Waals surface area contributed by atoms with Crippen molar-refractivity contribution in [3.63, 3.8) is 0 Å². The molecule has 202 valence electrons. The predicted octanol–water partition coefficient (Wildman–Crippen LogP) is 6.23. The Labute approximate surface area is 225 Å². The summed E-state index contributed by atoms with van der Waals surface area (Å²) < 4.78 is 91.2. The third-order valence-corrected chi connectivity index (χ3v) is 6.11. The SMILES string of the molecule is C/C(C#N)=c1\nc2c(-c3ccc(C(F)(F)F)cc3)c3oc(=C(C#N)C#N)nc3c(-c3ccc(C(F)(F)F)cc3)c2o1. The van der Waals surface area contributed by atoms with Gasteiger partial charge in [-0.3, -0.25) is 0 Å². The number of nitrogens with zero attached hydrogens (tertiary/aromatic N) is 5. The van der Waals surface area contributed by atoms with Gasteiger partial charge in [0.25, 0.3) is 0 Å². The Bertz CT molecular complexity index is 1970. The van der Waals surface area contributed by atoms with Gasteiger partial charge in [0.15, 0.2) is 16.7 Å². The van der Waals surface area contributed by atoms with E-state index in [2.05, 4.69) is 9.97 Å². The summed E-state index contributed by atoms with van der Waals surface area (Å²) in [6, 6.07) is 13.0. The van der Waals surface area contributed by atoms with Gasteiger partial charge >= 0.3 is 12.4 Å². The number of alkyl halides is 6. The van der Waals surface area contributed by atoms with Gasteiger partial charge in [0, 0.05) is 0 Å². The molecule has 5 rings (SSSR count). The summed E-state index contributed by atoms with van der Waals surface area (Å²) in [6.45, 7) is 1.40. The molecule has 0 aliphatic carbocycles. The van der Waals surface area contributed by atoms with E-state index in [9.17, 15) is 42.1 Å². The van der Waals surface area contributed by atoms with Crippen LogP contribution >= 0.6 is 0 Å². The maximum Gasteiger partial charge on any atom is 0.416 e. The van der Waals surface area contributed by atoms with E-state index in [0.717, 1.165) is 48.5 Å². The van der Waals surface area contributed by atoms with Crippen LogP contribution in [0.25, 0.3) is 55.6 Å². The molecule has 2 heterocycles. The van der Waals surface area contributed by atoms with Gasteiger partial charge in [-0.05, 0) is 42.3 Å². The molecule has 0 saturated carbocycles. The van der Waals surface area contributed by atoms with Gasteiger partial charge in [-0.25, -0.2) is 9.97 Å². The van der Waals surface area contributed by atoms with Crippen molar-refractivity contribution in [3.8, 4) is 40.5 Å². The lowest BCUT2D eigenvalue weighted by molar-refractivity contribution is -0.138. The minimum Gasteiger partial charge on any atom is -0.435 e. The monoisotopic (exact) mass is 563 g/mol. The van der Waals surface area contributed by atoms with E-state index in [1.807, 2.05) is 6.07 Å². The molecule has 13 heteroatoms. The van der Waals surface area contributed by atoms with Crippen LogP contribution in [0.3, 0.4) is 0 Å². The Balaban J connectivity index is 1.98. The molecular weight excluding hydrogens is 552 g/mol. The number of hydrogen-bond donors (Lipinski definition) is 0. The zero-order valence-electron chi connectivity index (χ0n) is 20.4. The Morgan fingerprint density at radius 2 is 1.02 bits per heavy atom. The second-order valence-electron chi connectivity index (χ2n) is 8.63. The number of halogens is 6. The maximum absolute atomic E-state index is 13.2. The third-order valence-electron chi connectivity index (χ3n) is 6.11. The fourth-order valence-electron chi connectivity index (χ4n) is 4.16. The molecule has 0 N–H and O–H groups in total. The largest absolute Gasteiger partial charge is 0.435 e. The van der Waals surface area contributed by atoms with Gasteiger partial charge in [-0.15, -0.1) is 0 Å². The van der Waals surface area contributed by atoms with Crippen LogP contribution in [-0.2, 0) is 12.4 Å². The van der Waals surface area contributed by atoms with Crippen LogP contribution in [0.4, 0.5) is 26.3 Å². The normalized spacial score (nSPS) is 12.6. The van der Waals surface area contributed by atoms with Crippen LogP contribution < -0.4 is 11.1 Å². The van der Waals surface area contributed by atoms with Crippen molar-refractivity contribution in [1.82, 2.24) is 9.97 Å². The molecule has 5 aromatic rings. The zero-order chi connectivity index (χ0) is 29.7. The quantitative estimate of drug-likeness (QED) is 0.233. The standard InChI is InChI=1S/C28H11F6N5O2/c1-13(10-35)25-38-21-19(14-2-6-17(7-3-14)27(29,30)31)24-22(39-26(41-24)16(11-36)12-37)20(23(21)40-25)15-4-8-18(9-5-15)28(32,33)34/h2-9H,1H3/b25-13-. The highest BCUT2D eigenvalue weighted by molar-refractivity contribution is 6.15. The molecule has 0 saturated heterocycles. The molecule has 0 radical (unpaired) electrons. The van der Waals surface area contributed by atoms with Crippen LogP contribution in [0, 0.1) is 34.0 Å². The predicted molar refractivity (Wildman–Crippen MR) is 131 cm³/mol. The second kappa shape index (κ2) is 9.54. The smallest absolute Gasteiger partial charge is 0.416 e. The molecule has 2 aromatic heterocycles. The molecular formula is C28H11F6N5O2. The summed E-state index contributed by atoms with van der Waals surface area (Å²) in [6.07, 6.45) is -9.25. The summed E-state index contributed by atoms with van der Waals surface area (Å²) in [5.74, 6) is 0. The Morgan fingerprint density at radius 1 is 0.634 bits per heavy atom. The molecule has 3 aromatic carbocycles. The van der Waals surface area contributed by atoms with E-state index in [0.29, 0.717) is 0 Å². The first-order valence-corrected chi connectivity index (χ1v) is 11.4. The molecule has 0 atom stereocenters. The molecule has 0 aliphatic rings. The van der Waals surface area contributed by atoms with E-state index >= 15 is 0 Å². The minimum absolute atomic E-state index is 0.00470. The molecule has 0 amide bonds. The number of oxazole rings is 2. The fourth-order valence-corrected chi connectivity index (χ4v) is 4.16. The van der Waals surface area contributed by atoms with Crippen LogP contribution in [-0.4, -0.2) is 9.97 Å². The highest BCUT2D eigenvalue weighted by atomic mass is 19.4. The van der Waals surface area contributed by atoms with E-state index in [1.54, 1.807) is 12.1 Å². The average molecular weight is 563 g/mol. The average Bonchev–Trinajstić information content (AvgIpc) is 3.56. The molecule has 0 unspecified atom stereocenters. The number of rotatable bonds is 2. The van der Waals surface area contributed by atoms with Crippen LogP contribution in [0.1, 0.15) is 18.1 Å². The lowest BCUT2D eigenvalue weighted by Crippen LogP contribution is -2.04. The Hall–Kier alpha value is -5.61. The van der Waals surface area contributed by atoms with Crippen molar-refractivity contribution in [2.45, 2.75) is 19.3 Å². The van der Waals surface area contributed by atoms with Crippen molar-refractivity contribution in [1.29, 1.82) is 15.8 Å². The number of benzene rings is 3. The summed E-state index contributed by atoms with van der Waals surface area (Å²) >= 11 is 0.